The van der Waals surface area contributed by atoms with Crippen molar-refractivity contribution >= 4 is 50.6 Å². The summed E-state index contributed by atoms with van der Waals surface area (Å²) >= 11 is 9.20. The summed E-state index contributed by atoms with van der Waals surface area (Å²) in [7, 11) is 1.60. The summed E-state index contributed by atoms with van der Waals surface area (Å²) in [5.41, 5.74) is 4.63. The Bertz CT molecular complexity index is 1290. The molecule has 0 saturated heterocycles. The van der Waals surface area contributed by atoms with Gasteiger partial charge in [0.2, 0.25) is 0 Å². The Morgan fingerprint density at radius 2 is 1.83 bits per heavy atom. The maximum Gasteiger partial charge on any atom is 0.256 e. The molecule has 3 aromatic rings. The lowest BCUT2D eigenvalue weighted by Crippen LogP contribution is -2.45. The lowest BCUT2D eigenvalue weighted by molar-refractivity contribution is -0.113. The summed E-state index contributed by atoms with van der Waals surface area (Å²) in [6.07, 6.45) is 0.869. The number of hydrogen-bond donors (Lipinski definition) is 3. The standard InChI is InChI=1S/C28H28BrN3O3S/c1-4-14-35-26-21(29)15-19(16-22(26)34-3)25-23(27(33)30-20-12-10-17(2)11-13-20)24(31-28(36)32-25)18-8-6-5-7-9-18/h5-13,15-16,25H,4,14H2,1-3H3,(H,30,33)(H2,31,32,36)/t25-/m0/s1. The highest BCUT2D eigenvalue weighted by atomic mass is 79.9. The molecule has 1 amide bonds. The summed E-state index contributed by atoms with van der Waals surface area (Å²) in [5, 5.41) is 9.97. The van der Waals surface area contributed by atoms with Gasteiger partial charge in [-0.05, 0) is 76.9 Å². The van der Waals surface area contributed by atoms with E-state index in [0.717, 1.165) is 27.6 Å². The number of carbonyl (C=O) groups is 1. The molecule has 0 aromatic heterocycles. The van der Waals surface area contributed by atoms with Gasteiger partial charge in [0.1, 0.15) is 0 Å². The van der Waals surface area contributed by atoms with E-state index < -0.39 is 6.04 Å². The van der Waals surface area contributed by atoms with Gasteiger partial charge in [0.15, 0.2) is 16.6 Å². The number of nitrogens with one attached hydrogen (secondary N) is 3. The van der Waals surface area contributed by atoms with Crippen LogP contribution < -0.4 is 25.4 Å². The van der Waals surface area contributed by atoms with Crippen LogP contribution in [0.1, 0.15) is 36.1 Å². The molecule has 1 aliphatic rings. The number of aryl methyl sites for hydroxylation is 1. The Hall–Kier alpha value is -3.36. The van der Waals surface area contributed by atoms with Gasteiger partial charge in [-0.25, -0.2) is 0 Å². The molecule has 186 valence electrons. The monoisotopic (exact) mass is 565 g/mol. The Labute approximate surface area is 225 Å². The van der Waals surface area contributed by atoms with Crippen molar-refractivity contribution in [1.29, 1.82) is 0 Å². The number of halogens is 1. The van der Waals surface area contributed by atoms with Crippen LogP contribution in [-0.2, 0) is 4.79 Å². The molecule has 0 radical (unpaired) electrons. The molecule has 1 aliphatic heterocycles. The maximum absolute atomic E-state index is 13.8. The number of thiocarbonyl (C=S) groups is 1. The van der Waals surface area contributed by atoms with Crippen LogP contribution in [0, 0.1) is 6.92 Å². The highest BCUT2D eigenvalue weighted by Crippen LogP contribution is 2.41. The molecule has 3 N–H and O–H groups in total. The molecule has 6 nitrogen and oxygen atoms in total. The van der Waals surface area contributed by atoms with Crippen molar-refractivity contribution in [2.75, 3.05) is 19.0 Å². The molecule has 0 bridgehead atoms. The van der Waals surface area contributed by atoms with E-state index in [9.17, 15) is 4.79 Å². The highest BCUT2D eigenvalue weighted by Gasteiger charge is 2.33. The van der Waals surface area contributed by atoms with Crippen molar-refractivity contribution < 1.29 is 14.3 Å². The molecular formula is C28H28BrN3O3S. The number of anilines is 1. The highest BCUT2D eigenvalue weighted by molar-refractivity contribution is 9.10. The smallest absolute Gasteiger partial charge is 0.256 e. The molecule has 3 aromatic carbocycles. The van der Waals surface area contributed by atoms with Gasteiger partial charge in [-0.15, -0.1) is 0 Å². The average molecular weight is 567 g/mol. The molecule has 1 heterocycles. The normalized spacial score (nSPS) is 15.1. The van der Waals surface area contributed by atoms with Gasteiger partial charge in [-0.3, -0.25) is 4.79 Å². The van der Waals surface area contributed by atoms with Gasteiger partial charge in [0.25, 0.3) is 5.91 Å². The van der Waals surface area contributed by atoms with Gasteiger partial charge < -0.3 is 25.4 Å². The van der Waals surface area contributed by atoms with Gasteiger partial charge >= 0.3 is 0 Å². The fraction of sp³-hybridized carbons (Fsp3) is 0.214. The number of hydrogen-bond acceptors (Lipinski definition) is 4. The minimum absolute atomic E-state index is 0.244. The predicted octanol–water partition coefficient (Wildman–Crippen LogP) is 6.12. The molecule has 0 unspecified atom stereocenters. The van der Waals surface area contributed by atoms with Crippen molar-refractivity contribution in [2.45, 2.75) is 26.3 Å². The van der Waals surface area contributed by atoms with Gasteiger partial charge in [0.05, 0.1) is 35.5 Å². The van der Waals surface area contributed by atoms with E-state index in [1.54, 1.807) is 7.11 Å². The number of ether oxygens (including phenoxy) is 2. The summed E-state index contributed by atoms with van der Waals surface area (Å²) in [6.45, 7) is 4.61. The van der Waals surface area contributed by atoms with Crippen molar-refractivity contribution in [2.24, 2.45) is 0 Å². The SMILES string of the molecule is CCCOc1c(Br)cc([C@@H]2NC(=S)NC(c3ccccc3)=C2C(=O)Nc2ccc(C)cc2)cc1OC. The third-order valence-corrected chi connectivity index (χ3v) is 6.53. The topological polar surface area (TPSA) is 71.6 Å². The lowest BCUT2D eigenvalue weighted by atomic mass is 9.91. The molecule has 1 atom stereocenters. The third-order valence-electron chi connectivity index (χ3n) is 5.72. The molecular weight excluding hydrogens is 538 g/mol. The fourth-order valence-electron chi connectivity index (χ4n) is 3.98. The lowest BCUT2D eigenvalue weighted by Gasteiger charge is -2.32. The number of carbonyl (C=O) groups excluding carboxylic acids is 1. The van der Waals surface area contributed by atoms with E-state index in [4.69, 9.17) is 21.7 Å². The zero-order chi connectivity index (χ0) is 25.7. The predicted molar refractivity (Wildman–Crippen MR) is 151 cm³/mol. The van der Waals surface area contributed by atoms with Crippen LogP contribution >= 0.6 is 28.1 Å². The molecule has 0 saturated carbocycles. The average Bonchev–Trinajstić information content (AvgIpc) is 2.88. The van der Waals surface area contributed by atoms with Crippen LogP contribution in [0.25, 0.3) is 5.70 Å². The quantitative estimate of drug-likeness (QED) is 0.286. The van der Waals surface area contributed by atoms with Crippen LogP contribution in [0.2, 0.25) is 0 Å². The van der Waals surface area contributed by atoms with Gasteiger partial charge in [-0.2, -0.15) is 0 Å². The van der Waals surface area contributed by atoms with Crippen molar-refractivity contribution in [3.05, 3.63) is 93.5 Å². The van der Waals surface area contributed by atoms with Gasteiger partial charge in [0, 0.05) is 5.69 Å². The van der Waals surface area contributed by atoms with Crippen LogP contribution in [0.5, 0.6) is 11.5 Å². The summed E-state index contributed by atoms with van der Waals surface area (Å²) in [5.74, 6) is 0.947. The van der Waals surface area contributed by atoms with E-state index in [-0.39, 0.29) is 5.91 Å². The first-order chi connectivity index (χ1) is 17.4. The van der Waals surface area contributed by atoms with E-state index >= 15 is 0 Å². The summed E-state index contributed by atoms with van der Waals surface area (Å²) in [4.78, 5) is 13.8. The largest absolute Gasteiger partial charge is 0.493 e. The fourth-order valence-corrected chi connectivity index (χ4v) is 4.77. The summed E-state index contributed by atoms with van der Waals surface area (Å²) < 4.78 is 12.3. The van der Waals surface area contributed by atoms with Crippen molar-refractivity contribution in [3.8, 4) is 11.5 Å². The second kappa shape index (κ2) is 11.6. The third kappa shape index (κ3) is 5.71. The maximum atomic E-state index is 13.8. The first-order valence-electron chi connectivity index (χ1n) is 11.7. The second-order valence-electron chi connectivity index (χ2n) is 8.39. The molecule has 8 heteroatoms. The van der Waals surface area contributed by atoms with Crippen LogP contribution in [0.3, 0.4) is 0 Å². The zero-order valence-electron chi connectivity index (χ0n) is 20.4. The first-order valence-corrected chi connectivity index (χ1v) is 12.9. The summed E-state index contributed by atoms with van der Waals surface area (Å²) in [6, 6.07) is 20.7. The first kappa shape index (κ1) is 25.7. The Kier molecular flexibility index (Phi) is 8.28. The Morgan fingerprint density at radius 1 is 1.11 bits per heavy atom. The number of amides is 1. The van der Waals surface area contributed by atoms with E-state index in [0.29, 0.717) is 40.2 Å². The van der Waals surface area contributed by atoms with Crippen molar-refractivity contribution in [3.63, 3.8) is 0 Å². The Balaban J connectivity index is 1.84. The van der Waals surface area contributed by atoms with E-state index in [1.807, 2.05) is 80.6 Å². The van der Waals surface area contributed by atoms with Crippen molar-refractivity contribution in [1.82, 2.24) is 10.6 Å². The van der Waals surface area contributed by atoms with Crippen LogP contribution in [0.4, 0.5) is 5.69 Å². The zero-order valence-corrected chi connectivity index (χ0v) is 22.8. The molecule has 4 rings (SSSR count). The molecule has 0 aliphatic carbocycles. The minimum Gasteiger partial charge on any atom is -0.493 e. The molecule has 36 heavy (non-hydrogen) atoms. The molecule has 0 spiro atoms. The molecule has 0 fully saturated rings. The van der Waals surface area contributed by atoms with E-state index in [2.05, 4.69) is 31.9 Å². The Morgan fingerprint density at radius 3 is 2.50 bits per heavy atom. The van der Waals surface area contributed by atoms with E-state index in [1.165, 1.54) is 0 Å². The number of rotatable bonds is 8. The second-order valence-corrected chi connectivity index (χ2v) is 9.65. The van der Waals surface area contributed by atoms with Gasteiger partial charge in [-0.1, -0.05) is 55.0 Å². The number of methoxy groups -OCH3 is 1. The van der Waals surface area contributed by atoms with Crippen LogP contribution in [0.15, 0.2) is 76.8 Å². The minimum atomic E-state index is -0.537. The number of benzene rings is 3. The van der Waals surface area contributed by atoms with Crippen LogP contribution in [-0.4, -0.2) is 24.7 Å².